The van der Waals surface area contributed by atoms with Gasteiger partial charge in [0.1, 0.15) is 0 Å². The van der Waals surface area contributed by atoms with Crippen LogP contribution in [-0.4, -0.2) is 12.6 Å². The molecule has 3 atom stereocenters. The van der Waals surface area contributed by atoms with Crippen LogP contribution >= 0.6 is 0 Å². The van der Waals surface area contributed by atoms with Gasteiger partial charge in [0.15, 0.2) is 0 Å². The molecule has 2 rings (SSSR count). The lowest BCUT2D eigenvalue weighted by molar-refractivity contribution is 0.252. The highest BCUT2D eigenvalue weighted by molar-refractivity contribution is 5.01. The van der Waals surface area contributed by atoms with Crippen LogP contribution in [0.3, 0.4) is 0 Å². The van der Waals surface area contributed by atoms with E-state index in [0.29, 0.717) is 5.41 Å². The van der Waals surface area contributed by atoms with Crippen LogP contribution in [0.25, 0.3) is 0 Å². The van der Waals surface area contributed by atoms with Crippen LogP contribution < -0.4 is 5.32 Å². The van der Waals surface area contributed by atoms with Crippen molar-refractivity contribution >= 4 is 0 Å². The van der Waals surface area contributed by atoms with Gasteiger partial charge in [0.05, 0.1) is 0 Å². The van der Waals surface area contributed by atoms with Crippen molar-refractivity contribution in [2.75, 3.05) is 6.54 Å². The predicted octanol–water partition coefficient (Wildman–Crippen LogP) is 1.78. The summed E-state index contributed by atoms with van der Waals surface area (Å²) in [6.45, 7) is 6.07. The monoisotopic (exact) mass is 139 g/mol. The van der Waals surface area contributed by atoms with Crippen molar-refractivity contribution in [2.24, 2.45) is 11.3 Å². The Bertz CT molecular complexity index is 144. The van der Waals surface area contributed by atoms with E-state index in [2.05, 4.69) is 19.2 Å². The lowest BCUT2D eigenvalue weighted by Gasteiger charge is -2.27. The van der Waals surface area contributed by atoms with Gasteiger partial charge in [-0.25, -0.2) is 0 Å². The molecule has 0 spiro atoms. The maximum absolute atomic E-state index is 3.56. The van der Waals surface area contributed by atoms with E-state index in [9.17, 15) is 0 Å². The molecule has 1 saturated heterocycles. The highest BCUT2D eigenvalue weighted by Gasteiger charge is 2.46. The molecular weight excluding hydrogens is 122 g/mol. The van der Waals surface area contributed by atoms with Crippen LogP contribution in [-0.2, 0) is 0 Å². The van der Waals surface area contributed by atoms with Gasteiger partial charge < -0.3 is 5.32 Å². The number of hydrogen-bond donors (Lipinski definition) is 1. The van der Waals surface area contributed by atoms with Crippen LogP contribution in [0.4, 0.5) is 0 Å². The Morgan fingerprint density at radius 3 is 3.00 bits per heavy atom. The van der Waals surface area contributed by atoms with Gasteiger partial charge in [0.25, 0.3) is 0 Å². The summed E-state index contributed by atoms with van der Waals surface area (Å²) in [6.07, 6.45) is 4.38. The van der Waals surface area contributed by atoms with Crippen molar-refractivity contribution in [3.63, 3.8) is 0 Å². The molecule has 0 aromatic rings. The van der Waals surface area contributed by atoms with Crippen LogP contribution in [0.15, 0.2) is 0 Å². The summed E-state index contributed by atoms with van der Waals surface area (Å²) in [4.78, 5) is 0. The normalized spacial score (nSPS) is 53.4. The Hall–Kier alpha value is -0.0400. The number of hydrogen-bond acceptors (Lipinski definition) is 1. The molecule has 1 nitrogen and oxygen atoms in total. The van der Waals surface area contributed by atoms with E-state index in [-0.39, 0.29) is 0 Å². The Kier molecular flexibility index (Phi) is 1.31. The molecule has 0 amide bonds. The molecule has 58 valence electrons. The van der Waals surface area contributed by atoms with Crippen LogP contribution in [0.2, 0.25) is 0 Å². The standard InChI is InChI=1S/C9H17N/c1-7-9(2)5-3-4-8(9)6-10-7/h7-8,10H,3-6H2,1-2H3/t7-,8+,9+/m1/s1. The van der Waals surface area contributed by atoms with E-state index in [4.69, 9.17) is 0 Å². The average Bonchev–Trinajstić information content (AvgIpc) is 2.36. The molecule has 2 fully saturated rings. The van der Waals surface area contributed by atoms with Gasteiger partial charge in [-0.1, -0.05) is 13.3 Å². The molecule has 0 unspecified atom stereocenters. The van der Waals surface area contributed by atoms with Gasteiger partial charge in [-0.2, -0.15) is 0 Å². The summed E-state index contributed by atoms with van der Waals surface area (Å²) in [7, 11) is 0. The van der Waals surface area contributed by atoms with Gasteiger partial charge >= 0.3 is 0 Å². The van der Waals surface area contributed by atoms with Gasteiger partial charge in [0, 0.05) is 6.04 Å². The van der Waals surface area contributed by atoms with Crippen molar-refractivity contribution in [3.05, 3.63) is 0 Å². The average molecular weight is 139 g/mol. The topological polar surface area (TPSA) is 12.0 Å². The molecule has 1 aliphatic carbocycles. The van der Waals surface area contributed by atoms with E-state index < -0.39 is 0 Å². The summed E-state index contributed by atoms with van der Waals surface area (Å²) in [5.74, 6) is 0.988. The Morgan fingerprint density at radius 2 is 2.30 bits per heavy atom. The molecule has 0 aromatic carbocycles. The largest absolute Gasteiger partial charge is 0.313 e. The van der Waals surface area contributed by atoms with Crippen molar-refractivity contribution in [3.8, 4) is 0 Å². The first-order chi connectivity index (χ1) is 4.73. The molecule has 0 aromatic heterocycles. The zero-order valence-electron chi connectivity index (χ0n) is 6.98. The lowest BCUT2D eigenvalue weighted by Crippen LogP contribution is -2.31. The zero-order chi connectivity index (χ0) is 7.19. The van der Waals surface area contributed by atoms with E-state index in [1.54, 1.807) is 0 Å². The van der Waals surface area contributed by atoms with Gasteiger partial charge in [-0.3, -0.25) is 0 Å². The highest BCUT2D eigenvalue weighted by atomic mass is 15.0. The van der Waals surface area contributed by atoms with E-state index in [0.717, 1.165) is 12.0 Å². The second-order valence-corrected chi connectivity index (χ2v) is 4.22. The first-order valence-electron chi connectivity index (χ1n) is 4.47. The van der Waals surface area contributed by atoms with Gasteiger partial charge in [0.2, 0.25) is 0 Å². The van der Waals surface area contributed by atoms with E-state index >= 15 is 0 Å². The second-order valence-electron chi connectivity index (χ2n) is 4.22. The Morgan fingerprint density at radius 1 is 1.50 bits per heavy atom. The summed E-state index contributed by atoms with van der Waals surface area (Å²) < 4.78 is 0. The Labute approximate surface area is 63.2 Å². The summed E-state index contributed by atoms with van der Waals surface area (Å²) in [5.41, 5.74) is 0.653. The lowest BCUT2D eigenvalue weighted by atomic mass is 9.78. The molecule has 10 heavy (non-hydrogen) atoms. The van der Waals surface area contributed by atoms with Gasteiger partial charge in [-0.05, 0) is 37.6 Å². The highest BCUT2D eigenvalue weighted by Crippen LogP contribution is 2.48. The maximum Gasteiger partial charge on any atom is 0.00957 e. The fourth-order valence-corrected chi connectivity index (χ4v) is 2.72. The summed E-state index contributed by atoms with van der Waals surface area (Å²) >= 11 is 0. The number of nitrogens with one attached hydrogen (secondary N) is 1. The van der Waals surface area contributed by atoms with Crippen molar-refractivity contribution < 1.29 is 0 Å². The Balaban J connectivity index is 2.21. The third-order valence-electron chi connectivity index (χ3n) is 3.86. The SMILES string of the molecule is C[C@H]1NC[C@@H]2CCC[C@]21C. The molecule has 1 heterocycles. The minimum atomic E-state index is 0.653. The molecule has 0 radical (unpaired) electrons. The molecule has 1 aliphatic heterocycles. The second kappa shape index (κ2) is 1.97. The molecule has 1 heteroatoms. The van der Waals surface area contributed by atoms with Crippen LogP contribution in [0.5, 0.6) is 0 Å². The fourth-order valence-electron chi connectivity index (χ4n) is 2.72. The number of fused-ring (bicyclic) bond motifs is 1. The molecule has 2 aliphatic rings. The quantitative estimate of drug-likeness (QED) is 0.539. The minimum absolute atomic E-state index is 0.653. The summed E-state index contributed by atoms with van der Waals surface area (Å²) in [5, 5.41) is 3.56. The molecule has 1 saturated carbocycles. The predicted molar refractivity (Wildman–Crippen MR) is 42.9 cm³/mol. The third kappa shape index (κ3) is 0.672. The van der Waals surface area contributed by atoms with Crippen LogP contribution in [0.1, 0.15) is 33.1 Å². The molecule has 0 bridgehead atoms. The minimum Gasteiger partial charge on any atom is -0.313 e. The third-order valence-corrected chi connectivity index (χ3v) is 3.86. The first-order valence-corrected chi connectivity index (χ1v) is 4.47. The van der Waals surface area contributed by atoms with Crippen molar-refractivity contribution in [1.82, 2.24) is 5.32 Å². The van der Waals surface area contributed by atoms with E-state index in [1.165, 1.54) is 25.8 Å². The number of rotatable bonds is 0. The smallest absolute Gasteiger partial charge is 0.00957 e. The van der Waals surface area contributed by atoms with Gasteiger partial charge in [-0.15, -0.1) is 0 Å². The molecule has 1 N–H and O–H groups in total. The zero-order valence-corrected chi connectivity index (χ0v) is 6.98. The van der Waals surface area contributed by atoms with Crippen molar-refractivity contribution in [2.45, 2.75) is 39.2 Å². The first kappa shape index (κ1) is 6.66. The fraction of sp³-hybridized carbons (Fsp3) is 1.00. The van der Waals surface area contributed by atoms with Crippen molar-refractivity contribution in [1.29, 1.82) is 0 Å². The maximum atomic E-state index is 3.56. The van der Waals surface area contributed by atoms with E-state index in [1.807, 2.05) is 0 Å². The molecular formula is C9H17N. The van der Waals surface area contributed by atoms with Crippen LogP contribution in [0, 0.1) is 11.3 Å². The summed E-state index contributed by atoms with van der Waals surface area (Å²) in [6, 6.07) is 0.764.